The summed E-state index contributed by atoms with van der Waals surface area (Å²) in [6.07, 6.45) is 5.09. The Morgan fingerprint density at radius 1 is 1.43 bits per heavy atom. The Labute approximate surface area is 124 Å². The summed E-state index contributed by atoms with van der Waals surface area (Å²) in [7, 11) is 1.71. The average molecular weight is 291 g/mol. The molecule has 1 fully saturated rings. The Bertz CT molecular complexity index is 512. The van der Waals surface area contributed by atoms with E-state index >= 15 is 0 Å². The highest BCUT2D eigenvalue weighted by Gasteiger charge is 2.17. The highest BCUT2D eigenvalue weighted by atomic mass is 16.5. The standard InChI is InChI=1S/C14H21N5O2/c1-3-11(18-15-2)14(20)17-12-10-16-5-4-13(12)19-6-8-21-9-7-19/h3-5,10,15,18H,6-9H2,1-2H3,(H,17,20)/b11-3-. The first kappa shape index (κ1) is 15.3. The zero-order valence-corrected chi connectivity index (χ0v) is 12.3. The molecular weight excluding hydrogens is 270 g/mol. The second-order valence-corrected chi connectivity index (χ2v) is 4.52. The van der Waals surface area contributed by atoms with Gasteiger partial charge in [-0.3, -0.25) is 9.78 Å². The van der Waals surface area contributed by atoms with Crippen LogP contribution in [0, 0.1) is 0 Å². The van der Waals surface area contributed by atoms with Crippen molar-refractivity contribution in [3.63, 3.8) is 0 Å². The van der Waals surface area contributed by atoms with E-state index in [1.807, 2.05) is 6.07 Å². The first-order valence-electron chi connectivity index (χ1n) is 6.93. The Kier molecular flexibility index (Phi) is 5.53. The van der Waals surface area contributed by atoms with Crippen LogP contribution in [-0.2, 0) is 9.53 Å². The van der Waals surface area contributed by atoms with Crippen LogP contribution in [0.15, 0.2) is 30.2 Å². The number of amides is 1. The van der Waals surface area contributed by atoms with E-state index in [-0.39, 0.29) is 5.91 Å². The minimum Gasteiger partial charge on any atom is -0.378 e. The molecule has 0 aliphatic carbocycles. The molecule has 1 saturated heterocycles. The number of nitrogens with one attached hydrogen (secondary N) is 3. The summed E-state index contributed by atoms with van der Waals surface area (Å²) < 4.78 is 5.36. The molecule has 0 atom stereocenters. The van der Waals surface area contributed by atoms with Crippen molar-refractivity contribution < 1.29 is 9.53 Å². The van der Waals surface area contributed by atoms with Gasteiger partial charge in [-0.2, -0.15) is 0 Å². The second kappa shape index (κ2) is 7.61. The summed E-state index contributed by atoms with van der Waals surface area (Å²) in [5.74, 6) is -0.214. The maximum absolute atomic E-state index is 12.2. The predicted molar refractivity (Wildman–Crippen MR) is 81.9 cm³/mol. The Hall–Kier alpha value is -2.12. The van der Waals surface area contributed by atoms with Gasteiger partial charge < -0.3 is 20.4 Å². The fourth-order valence-electron chi connectivity index (χ4n) is 2.15. The van der Waals surface area contributed by atoms with Crippen LogP contribution < -0.4 is 21.1 Å². The lowest BCUT2D eigenvalue weighted by molar-refractivity contribution is -0.113. The number of aromatic nitrogens is 1. The summed E-state index contributed by atoms with van der Waals surface area (Å²) >= 11 is 0. The van der Waals surface area contributed by atoms with Crippen molar-refractivity contribution >= 4 is 17.3 Å². The summed E-state index contributed by atoms with van der Waals surface area (Å²) in [6.45, 7) is 4.79. The highest BCUT2D eigenvalue weighted by molar-refractivity contribution is 6.04. The van der Waals surface area contributed by atoms with E-state index < -0.39 is 0 Å². The van der Waals surface area contributed by atoms with Gasteiger partial charge in [0.15, 0.2) is 0 Å². The lowest BCUT2D eigenvalue weighted by Gasteiger charge is -2.30. The summed E-state index contributed by atoms with van der Waals surface area (Å²) in [6, 6.07) is 1.90. The average Bonchev–Trinajstić information content (AvgIpc) is 2.54. The number of nitrogens with zero attached hydrogens (tertiary/aromatic N) is 2. The lowest BCUT2D eigenvalue weighted by Crippen LogP contribution is -2.37. The van der Waals surface area contributed by atoms with Gasteiger partial charge in [-0.25, -0.2) is 5.43 Å². The number of rotatable bonds is 5. The van der Waals surface area contributed by atoms with Gasteiger partial charge in [-0.05, 0) is 13.0 Å². The fraction of sp³-hybridized carbons (Fsp3) is 0.429. The van der Waals surface area contributed by atoms with Gasteiger partial charge in [0.05, 0.1) is 30.8 Å². The van der Waals surface area contributed by atoms with Crippen molar-refractivity contribution in [1.82, 2.24) is 15.8 Å². The molecule has 0 bridgehead atoms. The van der Waals surface area contributed by atoms with Gasteiger partial charge >= 0.3 is 0 Å². The van der Waals surface area contributed by atoms with Crippen LogP contribution in [0.4, 0.5) is 11.4 Å². The number of anilines is 2. The molecule has 114 valence electrons. The van der Waals surface area contributed by atoms with Crippen LogP contribution in [0.5, 0.6) is 0 Å². The minimum absolute atomic E-state index is 0.214. The van der Waals surface area contributed by atoms with Crippen LogP contribution in [0.3, 0.4) is 0 Å². The number of hydrogen-bond acceptors (Lipinski definition) is 6. The number of ether oxygens (including phenoxy) is 1. The van der Waals surface area contributed by atoms with Crippen molar-refractivity contribution in [2.75, 3.05) is 43.6 Å². The molecule has 0 unspecified atom stereocenters. The quantitative estimate of drug-likeness (QED) is 0.541. The molecule has 0 radical (unpaired) electrons. The Balaban J connectivity index is 2.14. The molecule has 1 aromatic heterocycles. The maximum Gasteiger partial charge on any atom is 0.272 e. The van der Waals surface area contributed by atoms with Gasteiger partial charge in [0.2, 0.25) is 0 Å². The van der Waals surface area contributed by atoms with Crippen molar-refractivity contribution in [3.8, 4) is 0 Å². The minimum atomic E-state index is -0.214. The normalized spacial score (nSPS) is 15.7. The van der Waals surface area contributed by atoms with E-state index in [0.29, 0.717) is 24.6 Å². The third-order valence-corrected chi connectivity index (χ3v) is 3.19. The summed E-state index contributed by atoms with van der Waals surface area (Å²) in [5.41, 5.74) is 7.65. The zero-order chi connectivity index (χ0) is 15.1. The number of pyridine rings is 1. The Morgan fingerprint density at radius 2 is 2.19 bits per heavy atom. The third-order valence-electron chi connectivity index (χ3n) is 3.19. The number of carbonyl (C=O) groups is 1. The first-order valence-corrected chi connectivity index (χ1v) is 6.93. The van der Waals surface area contributed by atoms with Crippen molar-refractivity contribution in [2.45, 2.75) is 6.92 Å². The molecule has 3 N–H and O–H groups in total. The molecular formula is C14H21N5O2. The Morgan fingerprint density at radius 3 is 2.86 bits per heavy atom. The molecule has 1 amide bonds. The number of hydrogen-bond donors (Lipinski definition) is 3. The zero-order valence-electron chi connectivity index (χ0n) is 12.3. The molecule has 2 heterocycles. The fourth-order valence-corrected chi connectivity index (χ4v) is 2.15. The van der Waals surface area contributed by atoms with Crippen LogP contribution in [0.2, 0.25) is 0 Å². The van der Waals surface area contributed by atoms with Crippen molar-refractivity contribution in [3.05, 3.63) is 30.2 Å². The monoisotopic (exact) mass is 291 g/mol. The van der Waals surface area contributed by atoms with Gasteiger partial charge in [-0.15, -0.1) is 0 Å². The molecule has 21 heavy (non-hydrogen) atoms. The molecule has 1 aliphatic heterocycles. The molecule has 1 aromatic rings. The molecule has 0 saturated carbocycles. The van der Waals surface area contributed by atoms with Crippen LogP contribution in [-0.4, -0.2) is 44.2 Å². The van der Waals surface area contributed by atoms with E-state index in [0.717, 1.165) is 18.8 Å². The van der Waals surface area contributed by atoms with Gasteiger partial charge in [0.25, 0.3) is 5.91 Å². The smallest absolute Gasteiger partial charge is 0.272 e. The molecule has 2 rings (SSSR count). The van der Waals surface area contributed by atoms with Crippen LogP contribution in [0.1, 0.15) is 6.92 Å². The van der Waals surface area contributed by atoms with E-state index in [2.05, 4.69) is 26.1 Å². The number of allylic oxidation sites excluding steroid dienone is 1. The van der Waals surface area contributed by atoms with E-state index in [9.17, 15) is 4.79 Å². The molecule has 1 aliphatic rings. The van der Waals surface area contributed by atoms with Gasteiger partial charge in [0.1, 0.15) is 5.70 Å². The number of hydrazine groups is 1. The lowest BCUT2D eigenvalue weighted by atomic mass is 10.2. The number of carbonyl (C=O) groups excluding carboxylic acids is 1. The second-order valence-electron chi connectivity index (χ2n) is 4.52. The maximum atomic E-state index is 12.2. The molecule has 0 spiro atoms. The predicted octanol–water partition coefficient (Wildman–Crippen LogP) is 0.484. The number of morpholine rings is 1. The molecule has 7 heteroatoms. The molecule has 7 nitrogen and oxygen atoms in total. The van der Waals surface area contributed by atoms with Gasteiger partial charge in [-0.1, -0.05) is 6.08 Å². The van der Waals surface area contributed by atoms with Crippen molar-refractivity contribution in [1.29, 1.82) is 0 Å². The first-order chi connectivity index (χ1) is 10.3. The van der Waals surface area contributed by atoms with Crippen LogP contribution >= 0.6 is 0 Å². The topological polar surface area (TPSA) is 78.5 Å². The summed E-state index contributed by atoms with van der Waals surface area (Å²) in [5, 5.41) is 2.89. The van der Waals surface area contributed by atoms with Crippen LogP contribution in [0.25, 0.3) is 0 Å². The molecule has 0 aromatic carbocycles. The SMILES string of the molecule is C/C=C(\NNC)C(=O)Nc1cnccc1N1CCOCC1. The van der Waals surface area contributed by atoms with Gasteiger partial charge in [0, 0.05) is 26.3 Å². The largest absolute Gasteiger partial charge is 0.378 e. The summed E-state index contributed by atoms with van der Waals surface area (Å²) in [4.78, 5) is 18.5. The highest BCUT2D eigenvalue weighted by Crippen LogP contribution is 2.25. The van der Waals surface area contributed by atoms with E-state index in [1.54, 1.807) is 32.4 Å². The van der Waals surface area contributed by atoms with Crippen molar-refractivity contribution in [2.24, 2.45) is 0 Å². The van der Waals surface area contributed by atoms with E-state index in [1.165, 1.54) is 0 Å². The third kappa shape index (κ3) is 3.93. The van der Waals surface area contributed by atoms with E-state index in [4.69, 9.17) is 4.74 Å².